The van der Waals surface area contributed by atoms with Crippen molar-refractivity contribution in [3.05, 3.63) is 0 Å². The molecule has 0 spiro atoms. The van der Waals surface area contributed by atoms with E-state index in [1.807, 2.05) is 20.8 Å². The Kier molecular flexibility index (Phi) is 4.44. The molecule has 3 atom stereocenters. The molecule has 0 aromatic heterocycles. The maximum Gasteiger partial charge on any atom is 0.397 e. The van der Waals surface area contributed by atoms with E-state index in [0.717, 1.165) is 12.8 Å². The minimum absolute atomic E-state index is 0.0901. The van der Waals surface area contributed by atoms with E-state index in [4.69, 9.17) is 0 Å². The van der Waals surface area contributed by atoms with Crippen LogP contribution in [0.2, 0.25) is 0 Å². The molecule has 5 heteroatoms. The van der Waals surface area contributed by atoms with Gasteiger partial charge in [0, 0.05) is 12.6 Å². The fourth-order valence-electron chi connectivity index (χ4n) is 2.45. The van der Waals surface area contributed by atoms with E-state index in [0.29, 0.717) is 12.5 Å². The maximum absolute atomic E-state index is 12.2. The van der Waals surface area contributed by atoms with E-state index in [-0.39, 0.29) is 12.0 Å². The van der Waals surface area contributed by atoms with Crippen LogP contribution in [-0.2, 0) is 4.79 Å². The zero-order chi connectivity index (χ0) is 13.2. The summed E-state index contributed by atoms with van der Waals surface area (Å²) in [4.78, 5) is 13.0. The molecule has 17 heavy (non-hydrogen) atoms. The Morgan fingerprint density at radius 1 is 1.35 bits per heavy atom. The number of nitrogens with zero attached hydrogens (tertiary/aromatic N) is 1. The maximum atomic E-state index is 12.2. The predicted molar refractivity (Wildman–Crippen MR) is 59.4 cm³/mol. The third-order valence-electron chi connectivity index (χ3n) is 3.72. The SMILES string of the molecule is CCC1C[C@@H](C)C(C)N(C(=O)CC(F)(F)F)C1. The topological polar surface area (TPSA) is 20.3 Å². The van der Waals surface area contributed by atoms with Gasteiger partial charge in [-0.05, 0) is 25.2 Å². The Bertz CT molecular complexity index is 277. The van der Waals surface area contributed by atoms with Crippen LogP contribution in [0.4, 0.5) is 13.2 Å². The van der Waals surface area contributed by atoms with E-state index in [1.165, 1.54) is 4.90 Å². The number of piperidine rings is 1. The highest BCUT2D eigenvalue weighted by Gasteiger charge is 2.38. The number of hydrogen-bond donors (Lipinski definition) is 0. The molecule has 0 N–H and O–H groups in total. The minimum atomic E-state index is -4.40. The Morgan fingerprint density at radius 3 is 2.41 bits per heavy atom. The molecule has 2 nitrogen and oxygen atoms in total. The molecule has 1 fully saturated rings. The van der Waals surface area contributed by atoms with E-state index in [2.05, 4.69) is 0 Å². The zero-order valence-electron chi connectivity index (χ0n) is 10.5. The second kappa shape index (κ2) is 5.27. The van der Waals surface area contributed by atoms with Crippen LogP contribution in [0.3, 0.4) is 0 Å². The highest BCUT2D eigenvalue weighted by molar-refractivity contribution is 5.77. The van der Waals surface area contributed by atoms with Crippen molar-refractivity contribution >= 4 is 5.91 Å². The van der Waals surface area contributed by atoms with Crippen LogP contribution in [0.25, 0.3) is 0 Å². The molecular formula is C12H20F3NO. The number of halogens is 3. The Balaban J connectivity index is 2.70. The van der Waals surface area contributed by atoms with Crippen LogP contribution in [-0.4, -0.2) is 29.6 Å². The molecule has 0 saturated carbocycles. The van der Waals surface area contributed by atoms with Crippen molar-refractivity contribution in [3.63, 3.8) is 0 Å². The van der Waals surface area contributed by atoms with Crippen molar-refractivity contribution in [1.82, 2.24) is 4.90 Å². The molecule has 100 valence electrons. The van der Waals surface area contributed by atoms with Gasteiger partial charge in [0.05, 0.1) is 0 Å². The van der Waals surface area contributed by atoms with Crippen molar-refractivity contribution in [1.29, 1.82) is 0 Å². The summed E-state index contributed by atoms with van der Waals surface area (Å²) in [6.45, 7) is 6.32. The molecule has 1 amide bonds. The zero-order valence-corrected chi connectivity index (χ0v) is 10.5. The number of rotatable bonds is 2. The van der Waals surface area contributed by atoms with Gasteiger partial charge in [-0.2, -0.15) is 13.2 Å². The van der Waals surface area contributed by atoms with E-state index in [9.17, 15) is 18.0 Å². The third-order valence-corrected chi connectivity index (χ3v) is 3.72. The molecule has 0 aromatic rings. The van der Waals surface area contributed by atoms with Crippen molar-refractivity contribution in [2.24, 2.45) is 11.8 Å². The molecule has 2 unspecified atom stereocenters. The Hall–Kier alpha value is -0.740. The molecule has 1 saturated heterocycles. The summed E-state index contributed by atoms with van der Waals surface area (Å²) in [7, 11) is 0. The first-order valence-electron chi connectivity index (χ1n) is 6.10. The minimum Gasteiger partial charge on any atom is -0.339 e. The van der Waals surface area contributed by atoms with Gasteiger partial charge in [0.15, 0.2) is 0 Å². The van der Waals surface area contributed by atoms with Gasteiger partial charge < -0.3 is 4.90 Å². The first-order valence-corrected chi connectivity index (χ1v) is 6.10. The second-order valence-electron chi connectivity index (χ2n) is 5.07. The van der Waals surface area contributed by atoms with Gasteiger partial charge in [-0.1, -0.05) is 20.3 Å². The van der Waals surface area contributed by atoms with Gasteiger partial charge in [0.2, 0.25) is 5.91 Å². The van der Waals surface area contributed by atoms with Crippen LogP contribution in [0.15, 0.2) is 0 Å². The molecule has 1 rings (SSSR count). The van der Waals surface area contributed by atoms with Gasteiger partial charge in [-0.25, -0.2) is 0 Å². The second-order valence-corrected chi connectivity index (χ2v) is 5.07. The standard InChI is InChI=1S/C12H20F3NO/c1-4-10-5-8(2)9(3)16(7-10)11(17)6-12(13,14)15/h8-10H,4-7H2,1-3H3/t8-,9?,10?/m1/s1. The smallest absolute Gasteiger partial charge is 0.339 e. The van der Waals surface area contributed by atoms with Crippen molar-refractivity contribution in [3.8, 4) is 0 Å². The van der Waals surface area contributed by atoms with Gasteiger partial charge in [0.25, 0.3) is 0 Å². The third kappa shape index (κ3) is 3.89. The first kappa shape index (κ1) is 14.3. The summed E-state index contributed by atoms with van der Waals surface area (Å²) in [6.07, 6.45) is -3.83. The summed E-state index contributed by atoms with van der Waals surface area (Å²) in [5.41, 5.74) is 0. The van der Waals surface area contributed by atoms with Crippen molar-refractivity contribution in [2.75, 3.05) is 6.54 Å². The number of amides is 1. The highest BCUT2D eigenvalue weighted by Crippen LogP contribution is 2.31. The van der Waals surface area contributed by atoms with Crippen LogP contribution >= 0.6 is 0 Å². The average molecular weight is 251 g/mol. The summed E-state index contributed by atoms with van der Waals surface area (Å²) < 4.78 is 36.7. The van der Waals surface area contributed by atoms with Crippen molar-refractivity contribution < 1.29 is 18.0 Å². The largest absolute Gasteiger partial charge is 0.397 e. The first-order chi connectivity index (χ1) is 7.74. The average Bonchev–Trinajstić information content (AvgIpc) is 2.19. The number of likely N-dealkylation sites (tertiary alicyclic amines) is 1. The molecule has 1 aliphatic rings. The molecule has 0 radical (unpaired) electrons. The Labute approximate surface area is 100 Å². The van der Waals surface area contributed by atoms with E-state index >= 15 is 0 Å². The van der Waals surface area contributed by atoms with Gasteiger partial charge in [-0.3, -0.25) is 4.79 Å². The molecular weight excluding hydrogens is 231 g/mol. The summed E-state index contributed by atoms with van der Waals surface area (Å²) in [5.74, 6) is -0.181. The quantitative estimate of drug-likeness (QED) is 0.738. The molecule has 0 bridgehead atoms. The lowest BCUT2D eigenvalue weighted by atomic mass is 9.83. The highest BCUT2D eigenvalue weighted by atomic mass is 19.4. The number of alkyl halides is 3. The van der Waals surface area contributed by atoms with E-state index < -0.39 is 18.5 Å². The summed E-state index contributed by atoms with van der Waals surface area (Å²) >= 11 is 0. The van der Waals surface area contributed by atoms with Crippen LogP contribution in [0.5, 0.6) is 0 Å². The number of carbonyl (C=O) groups excluding carboxylic acids is 1. The van der Waals surface area contributed by atoms with Crippen LogP contribution in [0, 0.1) is 11.8 Å². The van der Waals surface area contributed by atoms with Crippen LogP contribution in [0.1, 0.15) is 40.0 Å². The Morgan fingerprint density at radius 2 is 1.94 bits per heavy atom. The fourth-order valence-corrected chi connectivity index (χ4v) is 2.45. The molecule has 0 aromatic carbocycles. The number of carbonyl (C=O) groups is 1. The van der Waals surface area contributed by atoms with Crippen LogP contribution < -0.4 is 0 Å². The molecule has 0 aliphatic carbocycles. The van der Waals surface area contributed by atoms with Gasteiger partial charge >= 0.3 is 6.18 Å². The molecule has 1 heterocycles. The summed E-state index contributed by atoms with van der Waals surface area (Å²) in [5, 5.41) is 0. The fraction of sp³-hybridized carbons (Fsp3) is 0.917. The lowest BCUT2D eigenvalue weighted by molar-refractivity contribution is -0.165. The predicted octanol–water partition coefficient (Wildman–Crippen LogP) is 3.22. The van der Waals surface area contributed by atoms with Gasteiger partial charge in [-0.15, -0.1) is 0 Å². The molecule has 1 aliphatic heterocycles. The normalized spacial score (nSPS) is 30.5. The van der Waals surface area contributed by atoms with Gasteiger partial charge in [0.1, 0.15) is 6.42 Å². The number of hydrogen-bond acceptors (Lipinski definition) is 1. The monoisotopic (exact) mass is 251 g/mol. The lowest BCUT2D eigenvalue weighted by Crippen LogP contribution is -2.50. The van der Waals surface area contributed by atoms with Crippen molar-refractivity contribution in [2.45, 2.75) is 52.3 Å². The van der Waals surface area contributed by atoms with E-state index in [1.54, 1.807) is 0 Å². The summed E-state index contributed by atoms with van der Waals surface area (Å²) in [6, 6.07) is -0.0901. The lowest BCUT2D eigenvalue weighted by Gasteiger charge is -2.42.